The SMILES string of the molecule is CN=C(NCCCOCC1CCOC1)NCc1ccc(OCC(F)(F)F)cc1.I. The minimum Gasteiger partial charge on any atom is -0.484 e. The fourth-order valence-corrected chi connectivity index (χ4v) is 2.62. The summed E-state index contributed by atoms with van der Waals surface area (Å²) in [5.41, 5.74) is 0.907. The second kappa shape index (κ2) is 13.9. The fraction of sp³-hybridized carbons (Fsp3) is 0.632. The van der Waals surface area contributed by atoms with E-state index in [-0.39, 0.29) is 29.7 Å². The van der Waals surface area contributed by atoms with E-state index in [4.69, 9.17) is 9.47 Å². The van der Waals surface area contributed by atoms with Crippen molar-refractivity contribution < 1.29 is 27.4 Å². The smallest absolute Gasteiger partial charge is 0.422 e. The Hall–Kier alpha value is -1.27. The maximum atomic E-state index is 12.1. The maximum absolute atomic E-state index is 12.1. The fourth-order valence-electron chi connectivity index (χ4n) is 2.62. The van der Waals surface area contributed by atoms with E-state index in [1.807, 2.05) is 0 Å². The van der Waals surface area contributed by atoms with Crippen molar-refractivity contribution in [3.05, 3.63) is 29.8 Å². The number of alkyl halides is 3. The quantitative estimate of drug-likeness (QED) is 0.210. The van der Waals surface area contributed by atoms with Gasteiger partial charge in [0.25, 0.3) is 0 Å². The van der Waals surface area contributed by atoms with Crippen molar-refractivity contribution in [2.24, 2.45) is 10.9 Å². The number of nitrogens with zero attached hydrogens (tertiary/aromatic N) is 1. The molecule has 1 fully saturated rings. The molecule has 0 aliphatic carbocycles. The summed E-state index contributed by atoms with van der Waals surface area (Å²) in [5, 5.41) is 6.36. The van der Waals surface area contributed by atoms with Crippen molar-refractivity contribution in [2.45, 2.75) is 25.6 Å². The van der Waals surface area contributed by atoms with E-state index in [0.29, 0.717) is 25.0 Å². The van der Waals surface area contributed by atoms with E-state index in [0.717, 1.165) is 44.8 Å². The number of rotatable bonds is 10. The zero-order valence-electron chi connectivity index (χ0n) is 16.5. The van der Waals surface area contributed by atoms with Crippen LogP contribution in [0.25, 0.3) is 0 Å². The van der Waals surface area contributed by atoms with Gasteiger partial charge >= 0.3 is 6.18 Å². The number of hydrogen-bond donors (Lipinski definition) is 2. The van der Waals surface area contributed by atoms with Gasteiger partial charge < -0.3 is 24.8 Å². The molecule has 1 aromatic rings. The van der Waals surface area contributed by atoms with Crippen molar-refractivity contribution in [1.29, 1.82) is 0 Å². The number of ether oxygens (including phenoxy) is 3. The molecule has 0 saturated carbocycles. The topological polar surface area (TPSA) is 64.1 Å². The van der Waals surface area contributed by atoms with Crippen LogP contribution in [0.5, 0.6) is 5.75 Å². The van der Waals surface area contributed by atoms with Gasteiger partial charge in [-0.15, -0.1) is 24.0 Å². The number of hydrogen-bond acceptors (Lipinski definition) is 4. The second-order valence-corrected chi connectivity index (χ2v) is 6.56. The summed E-state index contributed by atoms with van der Waals surface area (Å²) in [5.74, 6) is 1.36. The van der Waals surface area contributed by atoms with E-state index in [1.165, 1.54) is 12.1 Å². The molecule has 166 valence electrons. The van der Waals surface area contributed by atoms with E-state index in [9.17, 15) is 13.2 Å². The molecular formula is C19H29F3IN3O3. The van der Waals surface area contributed by atoms with E-state index in [2.05, 4.69) is 20.4 Å². The first-order valence-corrected chi connectivity index (χ1v) is 9.35. The Morgan fingerprint density at radius 1 is 1.24 bits per heavy atom. The third-order valence-corrected chi connectivity index (χ3v) is 4.14. The Kier molecular flexibility index (Phi) is 12.3. The molecule has 29 heavy (non-hydrogen) atoms. The molecule has 1 unspecified atom stereocenters. The summed E-state index contributed by atoms with van der Waals surface area (Å²) < 4.78 is 52.1. The monoisotopic (exact) mass is 531 g/mol. The lowest BCUT2D eigenvalue weighted by atomic mass is 10.1. The average molecular weight is 531 g/mol. The maximum Gasteiger partial charge on any atom is 0.422 e. The molecule has 1 saturated heterocycles. The summed E-state index contributed by atoms with van der Waals surface area (Å²) in [6, 6.07) is 6.47. The van der Waals surface area contributed by atoms with Crippen LogP contribution in [-0.2, 0) is 16.0 Å². The first kappa shape index (κ1) is 25.8. The first-order valence-electron chi connectivity index (χ1n) is 9.35. The Balaban J connectivity index is 0.00000420. The van der Waals surface area contributed by atoms with Gasteiger partial charge in [-0.3, -0.25) is 4.99 Å². The van der Waals surface area contributed by atoms with Crippen molar-refractivity contribution in [1.82, 2.24) is 10.6 Å². The lowest BCUT2D eigenvalue weighted by molar-refractivity contribution is -0.153. The molecule has 2 rings (SSSR count). The van der Waals surface area contributed by atoms with Gasteiger partial charge in [0.05, 0.1) is 13.2 Å². The molecule has 0 bridgehead atoms. The molecule has 1 heterocycles. The van der Waals surface area contributed by atoms with Crippen LogP contribution >= 0.6 is 24.0 Å². The van der Waals surface area contributed by atoms with E-state index < -0.39 is 12.8 Å². The second-order valence-electron chi connectivity index (χ2n) is 6.56. The van der Waals surface area contributed by atoms with Gasteiger partial charge in [-0.25, -0.2) is 0 Å². The van der Waals surface area contributed by atoms with Gasteiger partial charge in [0.15, 0.2) is 12.6 Å². The van der Waals surface area contributed by atoms with E-state index >= 15 is 0 Å². The predicted molar refractivity (Wildman–Crippen MR) is 116 cm³/mol. The van der Waals surface area contributed by atoms with Crippen LogP contribution in [-0.4, -0.2) is 58.8 Å². The molecular weight excluding hydrogens is 502 g/mol. The summed E-state index contributed by atoms with van der Waals surface area (Å²) in [6.45, 7) is 2.99. The first-order chi connectivity index (χ1) is 13.5. The standard InChI is InChI=1S/C19H28F3N3O3.HI/c1-23-18(24-8-2-9-26-12-16-7-10-27-13-16)25-11-15-3-5-17(6-4-15)28-14-19(20,21)22;/h3-6,16H,2,7-14H2,1H3,(H2,23,24,25);1H. The minimum absolute atomic E-state index is 0. The lowest BCUT2D eigenvalue weighted by Crippen LogP contribution is -2.37. The summed E-state index contributed by atoms with van der Waals surface area (Å²) in [7, 11) is 1.68. The molecule has 10 heteroatoms. The molecule has 2 N–H and O–H groups in total. The molecule has 0 spiro atoms. The Morgan fingerprint density at radius 2 is 2.00 bits per heavy atom. The van der Waals surface area contributed by atoms with Crippen LogP contribution in [0.3, 0.4) is 0 Å². The van der Waals surface area contributed by atoms with Crippen molar-refractivity contribution in [2.75, 3.05) is 46.6 Å². The van der Waals surface area contributed by atoms with Crippen LogP contribution in [0.2, 0.25) is 0 Å². The highest BCUT2D eigenvalue weighted by Gasteiger charge is 2.28. The van der Waals surface area contributed by atoms with Crippen molar-refractivity contribution in [3.8, 4) is 5.75 Å². The molecule has 0 aromatic heterocycles. The lowest BCUT2D eigenvalue weighted by Gasteiger charge is -2.13. The number of halogens is 4. The average Bonchev–Trinajstić information content (AvgIpc) is 3.19. The number of guanidine groups is 1. The van der Waals surface area contributed by atoms with Gasteiger partial charge in [-0.2, -0.15) is 13.2 Å². The predicted octanol–water partition coefficient (Wildman–Crippen LogP) is 3.35. The summed E-state index contributed by atoms with van der Waals surface area (Å²) >= 11 is 0. The minimum atomic E-state index is -4.34. The molecule has 1 atom stereocenters. The van der Waals surface area contributed by atoms with Crippen LogP contribution in [0.15, 0.2) is 29.3 Å². The van der Waals surface area contributed by atoms with Crippen LogP contribution in [0, 0.1) is 5.92 Å². The number of benzene rings is 1. The molecule has 0 radical (unpaired) electrons. The number of nitrogens with one attached hydrogen (secondary N) is 2. The highest BCUT2D eigenvalue weighted by molar-refractivity contribution is 14.0. The normalized spacial score (nSPS) is 17.0. The molecule has 1 aliphatic heterocycles. The van der Waals surface area contributed by atoms with Gasteiger partial charge in [-0.05, 0) is 30.5 Å². The van der Waals surface area contributed by atoms with Crippen LogP contribution < -0.4 is 15.4 Å². The van der Waals surface area contributed by atoms with Crippen LogP contribution in [0.4, 0.5) is 13.2 Å². The Bertz CT molecular complexity index is 595. The largest absolute Gasteiger partial charge is 0.484 e. The van der Waals surface area contributed by atoms with Gasteiger partial charge in [-0.1, -0.05) is 12.1 Å². The van der Waals surface area contributed by atoms with Gasteiger partial charge in [0.2, 0.25) is 0 Å². The zero-order valence-corrected chi connectivity index (χ0v) is 18.8. The zero-order chi connectivity index (χ0) is 20.2. The van der Waals surface area contributed by atoms with Gasteiger partial charge in [0, 0.05) is 39.3 Å². The summed E-state index contributed by atoms with van der Waals surface area (Å²) in [6.07, 6.45) is -2.40. The molecule has 0 amide bonds. The third kappa shape index (κ3) is 11.5. The van der Waals surface area contributed by atoms with E-state index in [1.54, 1.807) is 19.2 Å². The van der Waals surface area contributed by atoms with Gasteiger partial charge in [0.1, 0.15) is 5.75 Å². The molecule has 6 nitrogen and oxygen atoms in total. The third-order valence-electron chi connectivity index (χ3n) is 4.14. The number of aliphatic imine (C=N–C) groups is 1. The highest BCUT2D eigenvalue weighted by Crippen LogP contribution is 2.18. The summed E-state index contributed by atoms with van der Waals surface area (Å²) in [4.78, 5) is 4.15. The highest BCUT2D eigenvalue weighted by atomic mass is 127. The van der Waals surface area contributed by atoms with Crippen molar-refractivity contribution >= 4 is 29.9 Å². The molecule has 1 aliphatic rings. The van der Waals surface area contributed by atoms with Crippen LogP contribution in [0.1, 0.15) is 18.4 Å². The van der Waals surface area contributed by atoms with Crippen molar-refractivity contribution in [3.63, 3.8) is 0 Å². The Morgan fingerprint density at radius 3 is 2.62 bits per heavy atom. The Labute approximate surface area is 186 Å². The molecule has 1 aromatic carbocycles.